The molecule has 1 aliphatic rings. The zero-order valence-electron chi connectivity index (χ0n) is 16.0. The molecule has 28 heavy (non-hydrogen) atoms. The summed E-state index contributed by atoms with van der Waals surface area (Å²) in [6.45, 7) is 1.28. The summed E-state index contributed by atoms with van der Waals surface area (Å²) in [5.74, 6) is 0.254. The van der Waals surface area contributed by atoms with Crippen LogP contribution in [0.1, 0.15) is 12.8 Å². The van der Waals surface area contributed by atoms with Gasteiger partial charge in [0.2, 0.25) is 15.9 Å². The van der Waals surface area contributed by atoms with Crippen molar-refractivity contribution in [3.05, 3.63) is 40.8 Å². The van der Waals surface area contributed by atoms with Crippen LogP contribution in [-0.2, 0) is 28.4 Å². The van der Waals surface area contributed by atoms with E-state index in [0.29, 0.717) is 31.8 Å². The summed E-state index contributed by atoms with van der Waals surface area (Å²) in [5, 5.41) is 7.20. The molecular formula is C18H25N5O4S. The Hall–Kier alpha value is -2.46. The SMILES string of the molecule is Cn1c(-c2ccccc2)nn(CCNC(=O)C2CCN(S(C)(=O)=O)CC2)c1=O. The molecule has 1 fully saturated rings. The van der Waals surface area contributed by atoms with Gasteiger partial charge >= 0.3 is 5.69 Å². The number of sulfonamides is 1. The van der Waals surface area contributed by atoms with Crippen molar-refractivity contribution in [3.63, 3.8) is 0 Å². The first-order chi connectivity index (χ1) is 13.3. The number of carbonyl (C=O) groups is 1. The Balaban J connectivity index is 1.55. The third-order valence-corrected chi connectivity index (χ3v) is 6.29. The van der Waals surface area contributed by atoms with Gasteiger partial charge in [-0.15, -0.1) is 5.10 Å². The van der Waals surface area contributed by atoms with Crippen molar-refractivity contribution < 1.29 is 13.2 Å². The Kier molecular flexibility index (Phi) is 5.99. The van der Waals surface area contributed by atoms with Crippen LogP contribution in [-0.4, -0.2) is 58.9 Å². The van der Waals surface area contributed by atoms with E-state index in [4.69, 9.17) is 0 Å². The fourth-order valence-electron chi connectivity index (χ4n) is 3.35. The topological polar surface area (TPSA) is 106 Å². The number of hydrogen-bond acceptors (Lipinski definition) is 5. The van der Waals surface area contributed by atoms with Crippen LogP contribution in [0.3, 0.4) is 0 Å². The van der Waals surface area contributed by atoms with Gasteiger partial charge in [0.25, 0.3) is 0 Å². The highest BCUT2D eigenvalue weighted by atomic mass is 32.2. The molecule has 1 aromatic carbocycles. The monoisotopic (exact) mass is 407 g/mol. The fourth-order valence-corrected chi connectivity index (χ4v) is 4.23. The Morgan fingerprint density at radius 2 is 1.86 bits per heavy atom. The van der Waals surface area contributed by atoms with Crippen molar-refractivity contribution in [3.8, 4) is 11.4 Å². The average Bonchev–Trinajstić information content (AvgIpc) is 2.96. The molecule has 0 radical (unpaired) electrons. The third kappa shape index (κ3) is 4.50. The highest BCUT2D eigenvalue weighted by molar-refractivity contribution is 7.88. The van der Waals surface area contributed by atoms with Crippen LogP contribution >= 0.6 is 0 Å². The van der Waals surface area contributed by atoms with Crippen LogP contribution in [0.2, 0.25) is 0 Å². The van der Waals surface area contributed by atoms with Gasteiger partial charge < -0.3 is 5.32 Å². The quantitative estimate of drug-likeness (QED) is 0.728. The van der Waals surface area contributed by atoms with Gasteiger partial charge in [0.1, 0.15) is 0 Å². The molecule has 152 valence electrons. The van der Waals surface area contributed by atoms with E-state index in [0.717, 1.165) is 5.56 Å². The molecule has 1 N–H and O–H groups in total. The first-order valence-corrected chi connectivity index (χ1v) is 11.0. The first kappa shape index (κ1) is 20.3. The number of carbonyl (C=O) groups excluding carboxylic acids is 1. The van der Waals surface area contributed by atoms with Gasteiger partial charge in [-0.05, 0) is 12.8 Å². The van der Waals surface area contributed by atoms with Crippen molar-refractivity contribution in [2.75, 3.05) is 25.9 Å². The number of benzene rings is 1. The molecule has 9 nitrogen and oxygen atoms in total. The zero-order chi connectivity index (χ0) is 20.3. The lowest BCUT2D eigenvalue weighted by molar-refractivity contribution is -0.126. The highest BCUT2D eigenvalue weighted by Crippen LogP contribution is 2.19. The number of amides is 1. The smallest absolute Gasteiger partial charge is 0.345 e. The standard InChI is InChI=1S/C18H25N5O4S/c1-21-16(14-6-4-3-5-7-14)20-23(18(21)25)13-10-19-17(24)15-8-11-22(12-9-15)28(2,26)27/h3-7,15H,8-13H2,1-2H3,(H,19,24). The molecule has 0 bridgehead atoms. The molecule has 10 heteroatoms. The second kappa shape index (κ2) is 8.27. The molecule has 0 unspecified atom stereocenters. The van der Waals surface area contributed by atoms with Crippen molar-refractivity contribution >= 4 is 15.9 Å². The summed E-state index contributed by atoms with van der Waals surface area (Å²) < 4.78 is 27.3. The van der Waals surface area contributed by atoms with Crippen LogP contribution < -0.4 is 11.0 Å². The van der Waals surface area contributed by atoms with Crippen molar-refractivity contribution in [2.24, 2.45) is 13.0 Å². The highest BCUT2D eigenvalue weighted by Gasteiger charge is 2.28. The molecule has 1 amide bonds. The van der Waals surface area contributed by atoms with Crippen LogP contribution in [0.5, 0.6) is 0 Å². The van der Waals surface area contributed by atoms with Gasteiger partial charge in [-0.3, -0.25) is 9.36 Å². The lowest BCUT2D eigenvalue weighted by Gasteiger charge is -2.29. The number of rotatable bonds is 6. The molecular weight excluding hydrogens is 382 g/mol. The summed E-state index contributed by atoms with van der Waals surface area (Å²) in [7, 11) is -1.54. The molecule has 0 aliphatic carbocycles. The first-order valence-electron chi connectivity index (χ1n) is 9.19. The fraction of sp³-hybridized carbons (Fsp3) is 0.500. The zero-order valence-corrected chi connectivity index (χ0v) is 16.9. The van der Waals surface area contributed by atoms with E-state index in [1.165, 1.54) is 19.8 Å². The predicted molar refractivity (Wildman–Crippen MR) is 105 cm³/mol. The normalized spacial score (nSPS) is 16.2. The van der Waals surface area contributed by atoms with E-state index >= 15 is 0 Å². The minimum absolute atomic E-state index is 0.111. The van der Waals surface area contributed by atoms with Gasteiger partial charge in [0.15, 0.2) is 5.82 Å². The van der Waals surface area contributed by atoms with Gasteiger partial charge in [-0.1, -0.05) is 30.3 Å². The van der Waals surface area contributed by atoms with Crippen molar-refractivity contribution in [1.82, 2.24) is 24.0 Å². The van der Waals surface area contributed by atoms with E-state index in [1.807, 2.05) is 30.3 Å². The molecule has 2 heterocycles. The molecule has 0 spiro atoms. The van der Waals surface area contributed by atoms with Gasteiger partial charge in [0.05, 0.1) is 12.8 Å². The minimum Gasteiger partial charge on any atom is -0.354 e. The van der Waals surface area contributed by atoms with E-state index in [1.54, 1.807) is 7.05 Å². The third-order valence-electron chi connectivity index (χ3n) is 4.99. The van der Waals surface area contributed by atoms with Gasteiger partial charge in [-0.2, -0.15) is 0 Å². The van der Waals surface area contributed by atoms with Crippen molar-refractivity contribution in [2.45, 2.75) is 19.4 Å². The number of piperidine rings is 1. The number of nitrogens with one attached hydrogen (secondary N) is 1. The Morgan fingerprint density at radius 1 is 1.21 bits per heavy atom. The second-order valence-corrected chi connectivity index (χ2v) is 8.96. The van der Waals surface area contributed by atoms with E-state index < -0.39 is 10.0 Å². The molecule has 3 rings (SSSR count). The summed E-state index contributed by atoms with van der Waals surface area (Å²) >= 11 is 0. The second-order valence-electron chi connectivity index (χ2n) is 6.98. The minimum atomic E-state index is -3.20. The average molecular weight is 407 g/mol. The predicted octanol–water partition coefficient (Wildman–Crippen LogP) is 0.0366. The largest absolute Gasteiger partial charge is 0.354 e. The lowest BCUT2D eigenvalue weighted by Crippen LogP contribution is -2.43. The molecule has 0 atom stereocenters. The Labute approximate surface area is 164 Å². The molecule has 2 aromatic rings. The summed E-state index contributed by atoms with van der Waals surface area (Å²) in [5.41, 5.74) is 0.608. The molecule has 1 saturated heterocycles. The van der Waals surface area contributed by atoms with Gasteiger partial charge in [-0.25, -0.2) is 22.2 Å². The Bertz CT molecular complexity index is 989. The van der Waals surface area contributed by atoms with Crippen LogP contribution in [0.15, 0.2) is 35.1 Å². The van der Waals surface area contributed by atoms with E-state index in [2.05, 4.69) is 10.4 Å². The maximum atomic E-state index is 12.4. The molecule has 0 saturated carbocycles. The van der Waals surface area contributed by atoms with Crippen LogP contribution in [0.4, 0.5) is 0 Å². The molecule has 1 aliphatic heterocycles. The number of hydrogen-bond donors (Lipinski definition) is 1. The van der Waals surface area contributed by atoms with Gasteiger partial charge in [0, 0.05) is 38.2 Å². The van der Waals surface area contributed by atoms with Crippen LogP contribution in [0.25, 0.3) is 11.4 Å². The molecule has 1 aromatic heterocycles. The van der Waals surface area contributed by atoms with E-state index in [9.17, 15) is 18.0 Å². The Morgan fingerprint density at radius 3 is 2.46 bits per heavy atom. The van der Waals surface area contributed by atoms with Crippen LogP contribution in [0, 0.1) is 5.92 Å². The maximum absolute atomic E-state index is 12.4. The maximum Gasteiger partial charge on any atom is 0.345 e. The summed E-state index contributed by atoms with van der Waals surface area (Å²) in [6.07, 6.45) is 2.18. The summed E-state index contributed by atoms with van der Waals surface area (Å²) in [6, 6.07) is 9.43. The number of nitrogens with zero attached hydrogens (tertiary/aromatic N) is 4. The van der Waals surface area contributed by atoms with E-state index in [-0.39, 0.29) is 30.6 Å². The lowest BCUT2D eigenvalue weighted by atomic mass is 9.97. The number of aromatic nitrogens is 3. The summed E-state index contributed by atoms with van der Waals surface area (Å²) in [4.78, 5) is 24.7. The van der Waals surface area contributed by atoms with Crippen molar-refractivity contribution in [1.29, 1.82) is 0 Å².